The molecule has 0 bridgehead atoms. The minimum Gasteiger partial charge on any atom is -0.450 e. The first kappa shape index (κ1) is 14.0. The molecule has 0 atom stereocenters. The highest BCUT2D eigenvalue weighted by atomic mass is 19.1. The average Bonchev–Trinajstić information content (AvgIpc) is 2.80. The van der Waals surface area contributed by atoms with Crippen molar-refractivity contribution < 1.29 is 23.1 Å². The van der Waals surface area contributed by atoms with Crippen LogP contribution in [0.25, 0.3) is 11.1 Å². The molecular weight excluding hydrogens is 267 g/mol. The van der Waals surface area contributed by atoms with Crippen molar-refractivity contribution in [1.29, 1.82) is 0 Å². The van der Waals surface area contributed by atoms with E-state index in [9.17, 15) is 14.0 Å². The zero-order valence-corrected chi connectivity index (χ0v) is 10.6. The average molecular weight is 280 g/mol. The molecule has 0 aliphatic heterocycles. The van der Waals surface area contributed by atoms with Crippen molar-refractivity contribution in [3.63, 3.8) is 0 Å². The van der Waals surface area contributed by atoms with Gasteiger partial charge in [0.05, 0.1) is 6.61 Å². The van der Waals surface area contributed by atoms with Crippen molar-refractivity contribution in [2.24, 2.45) is 5.73 Å². The van der Waals surface area contributed by atoms with Crippen LogP contribution in [0, 0.1) is 5.82 Å². The Morgan fingerprint density at radius 2 is 2.15 bits per heavy atom. The van der Waals surface area contributed by atoms with Gasteiger partial charge in [0.1, 0.15) is 11.3 Å². The predicted molar refractivity (Wildman–Crippen MR) is 67.7 cm³/mol. The van der Waals surface area contributed by atoms with Gasteiger partial charge in [-0.05, 0) is 25.0 Å². The first-order chi connectivity index (χ1) is 9.56. The normalized spacial score (nSPS) is 10.7. The summed E-state index contributed by atoms with van der Waals surface area (Å²) in [4.78, 5) is 26.1. The van der Waals surface area contributed by atoms with Gasteiger partial charge >= 0.3 is 6.09 Å². The number of aromatic nitrogens is 1. The number of oxazole rings is 1. The van der Waals surface area contributed by atoms with Crippen LogP contribution in [0.2, 0.25) is 0 Å². The molecule has 0 fully saturated rings. The Morgan fingerprint density at radius 1 is 1.35 bits per heavy atom. The number of carbonyl (C=O) groups excluding carboxylic acids is 2. The van der Waals surface area contributed by atoms with Crippen LogP contribution in [0.4, 0.5) is 9.18 Å². The molecule has 0 unspecified atom stereocenters. The molecule has 6 nitrogen and oxygen atoms in total. The number of ether oxygens (including phenoxy) is 1. The van der Waals surface area contributed by atoms with Gasteiger partial charge in [0.15, 0.2) is 5.58 Å². The highest BCUT2D eigenvalue weighted by molar-refractivity contribution is 5.94. The monoisotopic (exact) mass is 280 g/mol. The summed E-state index contributed by atoms with van der Waals surface area (Å²) in [6.07, 6.45) is 0.400. The second-order valence-electron chi connectivity index (χ2n) is 4.18. The molecule has 0 aliphatic carbocycles. The molecule has 2 rings (SSSR count). The van der Waals surface area contributed by atoms with Crippen LogP contribution in [-0.4, -0.2) is 23.5 Å². The summed E-state index contributed by atoms with van der Waals surface area (Å²) in [5, 5.41) is 0. The second kappa shape index (κ2) is 6.14. The molecule has 106 valence electrons. The Balaban J connectivity index is 1.89. The van der Waals surface area contributed by atoms with E-state index in [-0.39, 0.29) is 24.7 Å². The van der Waals surface area contributed by atoms with Crippen molar-refractivity contribution in [2.45, 2.75) is 19.3 Å². The summed E-state index contributed by atoms with van der Waals surface area (Å²) in [6, 6.07) is 3.87. The number of Topliss-reactive ketones (excluding diaryl/α,β-unsaturated/α-hetero) is 1. The number of unbranched alkanes of at least 4 members (excludes halogenated alkanes) is 1. The SMILES string of the molecule is NC(=O)OCCCCC(=O)c1nc2cc(F)ccc2o1. The fraction of sp³-hybridized carbons (Fsp3) is 0.308. The molecule has 2 N–H and O–H groups in total. The minimum absolute atomic E-state index is 0.0404. The fourth-order valence-electron chi connectivity index (χ4n) is 1.69. The molecule has 0 aliphatic rings. The van der Waals surface area contributed by atoms with Crippen LogP contribution >= 0.6 is 0 Å². The Kier molecular flexibility index (Phi) is 4.29. The molecule has 7 heteroatoms. The zero-order chi connectivity index (χ0) is 14.5. The number of carbonyl (C=O) groups is 2. The van der Waals surface area contributed by atoms with Crippen LogP contribution in [0.15, 0.2) is 22.6 Å². The van der Waals surface area contributed by atoms with E-state index in [1.165, 1.54) is 18.2 Å². The van der Waals surface area contributed by atoms with Gasteiger partial charge in [0, 0.05) is 12.5 Å². The summed E-state index contributed by atoms with van der Waals surface area (Å²) in [6.45, 7) is 0.168. The number of hydrogen-bond donors (Lipinski definition) is 1. The van der Waals surface area contributed by atoms with Crippen molar-refractivity contribution >= 4 is 23.0 Å². The van der Waals surface area contributed by atoms with Crippen LogP contribution in [0.5, 0.6) is 0 Å². The number of nitrogens with zero attached hydrogens (tertiary/aromatic N) is 1. The number of fused-ring (bicyclic) bond motifs is 1. The third kappa shape index (κ3) is 3.53. The fourth-order valence-corrected chi connectivity index (χ4v) is 1.69. The number of rotatable bonds is 6. The Bertz CT molecular complexity index is 638. The highest BCUT2D eigenvalue weighted by Crippen LogP contribution is 2.18. The standard InChI is InChI=1S/C13H13FN2O4/c14-8-4-5-11-9(7-8)16-12(20-11)10(17)3-1-2-6-19-13(15)18/h4-5,7H,1-3,6H2,(H2,15,18). The van der Waals surface area contributed by atoms with Gasteiger partial charge in [-0.3, -0.25) is 4.79 Å². The van der Waals surface area contributed by atoms with Gasteiger partial charge in [0.2, 0.25) is 5.78 Å². The molecule has 1 amide bonds. The van der Waals surface area contributed by atoms with E-state index in [0.717, 1.165) is 0 Å². The lowest BCUT2D eigenvalue weighted by molar-refractivity contribution is 0.0945. The summed E-state index contributed by atoms with van der Waals surface area (Å²) in [5.74, 6) is -0.754. The molecule has 2 aromatic rings. The highest BCUT2D eigenvalue weighted by Gasteiger charge is 2.14. The molecule has 0 radical (unpaired) electrons. The molecule has 1 aromatic carbocycles. The largest absolute Gasteiger partial charge is 0.450 e. The van der Waals surface area contributed by atoms with E-state index in [2.05, 4.69) is 9.72 Å². The molecule has 1 heterocycles. The molecule has 0 spiro atoms. The topological polar surface area (TPSA) is 95.4 Å². The Labute approximate surface area is 113 Å². The van der Waals surface area contributed by atoms with E-state index in [0.29, 0.717) is 23.9 Å². The Hall–Kier alpha value is -2.44. The van der Waals surface area contributed by atoms with Crippen LogP contribution in [-0.2, 0) is 4.74 Å². The quantitative estimate of drug-likeness (QED) is 0.647. The smallest absolute Gasteiger partial charge is 0.404 e. The van der Waals surface area contributed by atoms with Crippen molar-refractivity contribution in [3.8, 4) is 0 Å². The van der Waals surface area contributed by atoms with Gasteiger partial charge in [0.25, 0.3) is 5.89 Å². The second-order valence-corrected chi connectivity index (χ2v) is 4.18. The third-order valence-corrected chi connectivity index (χ3v) is 2.63. The molecular formula is C13H13FN2O4. The molecule has 0 saturated heterocycles. The first-order valence-electron chi connectivity index (χ1n) is 6.08. The van der Waals surface area contributed by atoms with Crippen LogP contribution in [0.1, 0.15) is 29.9 Å². The zero-order valence-electron chi connectivity index (χ0n) is 10.6. The Morgan fingerprint density at radius 3 is 2.90 bits per heavy atom. The van der Waals surface area contributed by atoms with Gasteiger partial charge in [-0.25, -0.2) is 14.2 Å². The predicted octanol–water partition coefficient (Wildman–Crippen LogP) is 2.42. The third-order valence-electron chi connectivity index (χ3n) is 2.63. The molecule has 20 heavy (non-hydrogen) atoms. The summed E-state index contributed by atoms with van der Waals surface area (Å²) < 4.78 is 22.8. The van der Waals surface area contributed by atoms with Crippen LogP contribution in [0.3, 0.4) is 0 Å². The number of benzene rings is 1. The maximum Gasteiger partial charge on any atom is 0.404 e. The molecule has 0 saturated carbocycles. The van der Waals surface area contributed by atoms with E-state index >= 15 is 0 Å². The first-order valence-corrected chi connectivity index (χ1v) is 6.08. The maximum absolute atomic E-state index is 13.0. The summed E-state index contributed by atoms with van der Waals surface area (Å²) in [5.41, 5.74) is 5.48. The summed E-state index contributed by atoms with van der Waals surface area (Å²) in [7, 11) is 0. The number of amides is 1. The lowest BCUT2D eigenvalue weighted by Crippen LogP contribution is -2.13. The van der Waals surface area contributed by atoms with Gasteiger partial charge in [-0.1, -0.05) is 0 Å². The maximum atomic E-state index is 13.0. The van der Waals surface area contributed by atoms with E-state index in [1.54, 1.807) is 0 Å². The minimum atomic E-state index is -0.836. The summed E-state index contributed by atoms with van der Waals surface area (Å²) >= 11 is 0. The molecule has 1 aromatic heterocycles. The van der Waals surface area contributed by atoms with Crippen molar-refractivity contribution in [1.82, 2.24) is 4.98 Å². The number of hydrogen-bond acceptors (Lipinski definition) is 5. The van der Waals surface area contributed by atoms with Gasteiger partial charge in [-0.2, -0.15) is 0 Å². The lowest BCUT2D eigenvalue weighted by atomic mass is 10.2. The van der Waals surface area contributed by atoms with Crippen LogP contribution < -0.4 is 5.73 Å². The van der Waals surface area contributed by atoms with E-state index in [4.69, 9.17) is 10.2 Å². The number of ketones is 1. The van der Waals surface area contributed by atoms with Gasteiger partial charge in [-0.15, -0.1) is 0 Å². The number of nitrogens with two attached hydrogens (primary N) is 1. The van der Waals surface area contributed by atoms with Gasteiger partial charge < -0.3 is 14.9 Å². The van der Waals surface area contributed by atoms with E-state index < -0.39 is 11.9 Å². The number of halogens is 1. The van der Waals surface area contributed by atoms with E-state index in [1.807, 2.05) is 0 Å². The number of primary amides is 1. The van der Waals surface area contributed by atoms with Crippen molar-refractivity contribution in [3.05, 3.63) is 29.9 Å². The van der Waals surface area contributed by atoms with Crippen molar-refractivity contribution in [2.75, 3.05) is 6.61 Å². The lowest BCUT2D eigenvalue weighted by Gasteiger charge is -1.99.